The zero-order valence-corrected chi connectivity index (χ0v) is 23.9. The first kappa shape index (κ1) is 25.5. The number of aromatic amines is 1. The van der Waals surface area contributed by atoms with Gasteiger partial charge in [-0.15, -0.1) is 0 Å². The van der Waals surface area contributed by atoms with Crippen molar-refractivity contribution in [3.05, 3.63) is 56.4 Å². The summed E-state index contributed by atoms with van der Waals surface area (Å²) in [4.78, 5) is 12.8. The maximum Gasteiger partial charge on any atom is 0.213 e. The number of para-hydroxylation sites is 1. The molecule has 1 fully saturated rings. The van der Waals surface area contributed by atoms with E-state index in [2.05, 4.69) is 31.2 Å². The van der Waals surface area contributed by atoms with E-state index in [9.17, 15) is 8.42 Å². The normalized spacial score (nSPS) is 16.8. The molecule has 0 spiro atoms. The number of fused-ring (bicyclic) bond motifs is 1. The third-order valence-corrected chi connectivity index (χ3v) is 9.63. The van der Waals surface area contributed by atoms with Crippen LogP contribution >= 0.6 is 39.1 Å². The number of aryl methyl sites for hydroxylation is 1. The molecule has 0 bridgehead atoms. The summed E-state index contributed by atoms with van der Waals surface area (Å²) in [6.07, 6.45) is 2.43. The Bertz CT molecular complexity index is 1560. The van der Waals surface area contributed by atoms with Crippen LogP contribution in [0.1, 0.15) is 24.7 Å². The number of hydrogen-bond acceptors (Lipinski definition) is 5. The molecular weight excluding hydrogens is 587 g/mol. The second-order valence-corrected chi connectivity index (χ2v) is 12.8. The zero-order chi connectivity index (χ0) is 25.8. The average Bonchev–Trinajstić information content (AvgIpc) is 3.55. The summed E-state index contributed by atoms with van der Waals surface area (Å²) in [7, 11) is -3.22. The minimum Gasteiger partial charge on any atom is -0.378 e. The number of nitrogens with one attached hydrogen (secondary N) is 2. The van der Waals surface area contributed by atoms with E-state index in [1.165, 1.54) is 0 Å². The van der Waals surface area contributed by atoms with E-state index in [1.807, 2.05) is 42.7 Å². The lowest BCUT2D eigenvalue weighted by atomic mass is 10.2. The molecule has 0 saturated carbocycles. The van der Waals surface area contributed by atoms with Gasteiger partial charge in [0.15, 0.2) is 5.65 Å². The molecule has 1 aromatic carbocycles. The van der Waals surface area contributed by atoms with Gasteiger partial charge in [-0.3, -0.25) is 0 Å². The molecule has 5 rings (SSSR count). The van der Waals surface area contributed by atoms with Crippen molar-refractivity contribution >= 4 is 66.0 Å². The van der Waals surface area contributed by atoms with Gasteiger partial charge in [0.05, 0.1) is 31.6 Å². The van der Waals surface area contributed by atoms with Crippen LogP contribution in [0.5, 0.6) is 0 Å². The quantitative estimate of drug-likeness (QED) is 0.281. The molecule has 1 aliphatic heterocycles. The lowest BCUT2D eigenvalue weighted by Gasteiger charge is -2.17. The highest BCUT2D eigenvalue weighted by atomic mass is 79.9. The van der Waals surface area contributed by atoms with E-state index in [1.54, 1.807) is 17.4 Å². The van der Waals surface area contributed by atoms with Gasteiger partial charge in [0.25, 0.3) is 0 Å². The number of benzene rings is 1. The van der Waals surface area contributed by atoms with Crippen LogP contribution in [0, 0.1) is 13.8 Å². The van der Waals surface area contributed by atoms with Crippen LogP contribution in [0.4, 0.5) is 5.69 Å². The third kappa shape index (κ3) is 4.43. The number of anilines is 1. The second kappa shape index (κ2) is 9.64. The van der Waals surface area contributed by atoms with E-state index in [0.29, 0.717) is 46.5 Å². The molecule has 36 heavy (non-hydrogen) atoms. The first-order valence-electron chi connectivity index (χ1n) is 11.5. The largest absolute Gasteiger partial charge is 0.378 e. The monoisotopic (exact) mass is 610 g/mol. The number of sulfonamides is 1. The highest BCUT2D eigenvalue weighted by Gasteiger charge is 2.31. The molecule has 12 heteroatoms. The van der Waals surface area contributed by atoms with Crippen LogP contribution in [-0.2, 0) is 10.0 Å². The van der Waals surface area contributed by atoms with Gasteiger partial charge < -0.3 is 14.9 Å². The van der Waals surface area contributed by atoms with Crippen molar-refractivity contribution in [3.63, 3.8) is 0 Å². The van der Waals surface area contributed by atoms with Gasteiger partial charge in [0, 0.05) is 42.3 Å². The Hall–Kier alpha value is -2.11. The third-order valence-electron chi connectivity index (χ3n) is 6.57. The maximum atomic E-state index is 12.3. The van der Waals surface area contributed by atoms with Crippen molar-refractivity contribution in [1.29, 1.82) is 0 Å². The van der Waals surface area contributed by atoms with E-state index < -0.39 is 10.0 Å². The molecule has 2 N–H and O–H groups in total. The summed E-state index contributed by atoms with van der Waals surface area (Å²) in [6.45, 7) is 6.59. The van der Waals surface area contributed by atoms with E-state index in [4.69, 9.17) is 28.2 Å². The molecular formula is C24H25BrCl2N6O2S. The molecule has 1 atom stereocenters. The number of pyridine rings is 1. The summed E-state index contributed by atoms with van der Waals surface area (Å²) in [5.41, 5.74) is 5.63. The molecule has 0 amide bonds. The van der Waals surface area contributed by atoms with Crippen molar-refractivity contribution < 1.29 is 8.42 Å². The summed E-state index contributed by atoms with van der Waals surface area (Å²) < 4.78 is 28.9. The maximum absolute atomic E-state index is 12.3. The molecule has 0 radical (unpaired) electrons. The fourth-order valence-corrected chi connectivity index (χ4v) is 6.86. The molecule has 4 heterocycles. The number of hydrogen-bond donors (Lipinski definition) is 2. The number of halogens is 3. The molecule has 4 aromatic rings. The Labute approximate surface area is 228 Å². The average molecular weight is 612 g/mol. The predicted molar refractivity (Wildman–Crippen MR) is 149 cm³/mol. The highest BCUT2D eigenvalue weighted by molar-refractivity contribution is 9.10. The highest BCUT2D eigenvalue weighted by Crippen LogP contribution is 2.37. The number of nitrogens with zero attached hydrogens (tertiary/aromatic N) is 4. The van der Waals surface area contributed by atoms with Gasteiger partial charge in [-0.2, -0.15) is 4.31 Å². The van der Waals surface area contributed by atoms with Crippen molar-refractivity contribution in [2.75, 3.05) is 24.2 Å². The summed E-state index contributed by atoms with van der Waals surface area (Å²) in [5, 5.41) is 4.63. The topological polar surface area (TPSA) is 95.9 Å². The van der Waals surface area contributed by atoms with E-state index in [0.717, 1.165) is 32.8 Å². The van der Waals surface area contributed by atoms with E-state index in [-0.39, 0.29) is 11.8 Å². The van der Waals surface area contributed by atoms with Gasteiger partial charge >= 0.3 is 0 Å². The Balaban J connectivity index is 1.52. The van der Waals surface area contributed by atoms with Crippen molar-refractivity contribution in [1.82, 2.24) is 23.8 Å². The van der Waals surface area contributed by atoms with Crippen molar-refractivity contribution in [2.24, 2.45) is 0 Å². The van der Waals surface area contributed by atoms with Gasteiger partial charge in [0.2, 0.25) is 10.0 Å². The molecule has 3 aromatic heterocycles. The van der Waals surface area contributed by atoms with Crippen LogP contribution in [0.2, 0.25) is 10.0 Å². The van der Waals surface area contributed by atoms with Crippen molar-refractivity contribution in [3.8, 4) is 17.1 Å². The SMILES string of the molecule is CCS(=O)(=O)N1CC[C@H](Nc2c(Br)cnc3[nH]c(-c4cc(C)n(-c5c(Cl)cccc5Cl)c4C)nc23)C1. The Kier molecular flexibility index (Phi) is 6.84. The van der Waals surface area contributed by atoms with Crippen LogP contribution in [-0.4, -0.2) is 57.1 Å². The van der Waals surface area contributed by atoms with Crippen molar-refractivity contribution in [2.45, 2.75) is 33.2 Å². The molecule has 8 nitrogen and oxygen atoms in total. The predicted octanol–water partition coefficient (Wildman–Crippen LogP) is 5.94. The Morgan fingerprint density at radius 3 is 2.67 bits per heavy atom. The molecule has 0 unspecified atom stereocenters. The number of rotatable bonds is 6. The van der Waals surface area contributed by atoms with Crippen LogP contribution in [0.3, 0.4) is 0 Å². The van der Waals surface area contributed by atoms with E-state index >= 15 is 0 Å². The van der Waals surface area contributed by atoms with Crippen LogP contribution in [0.15, 0.2) is 34.9 Å². The first-order valence-corrected chi connectivity index (χ1v) is 14.7. The Morgan fingerprint density at radius 1 is 1.25 bits per heavy atom. The van der Waals surface area contributed by atoms with Crippen LogP contribution < -0.4 is 5.32 Å². The lowest BCUT2D eigenvalue weighted by Crippen LogP contribution is -2.32. The minimum atomic E-state index is -3.22. The smallest absolute Gasteiger partial charge is 0.213 e. The lowest BCUT2D eigenvalue weighted by molar-refractivity contribution is 0.476. The van der Waals surface area contributed by atoms with Gasteiger partial charge in [0.1, 0.15) is 11.3 Å². The molecule has 0 aliphatic carbocycles. The summed E-state index contributed by atoms with van der Waals surface area (Å²) >= 11 is 16.6. The van der Waals surface area contributed by atoms with Gasteiger partial charge in [-0.25, -0.2) is 18.4 Å². The molecule has 1 saturated heterocycles. The van der Waals surface area contributed by atoms with Gasteiger partial charge in [-0.1, -0.05) is 29.3 Å². The van der Waals surface area contributed by atoms with Crippen LogP contribution in [0.25, 0.3) is 28.2 Å². The molecule has 190 valence electrons. The first-order chi connectivity index (χ1) is 17.1. The summed E-state index contributed by atoms with van der Waals surface area (Å²) in [5.74, 6) is 0.770. The van der Waals surface area contributed by atoms with Gasteiger partial charge in [-0.05, 0) is 61.3 Å². The standard InChI is InChI=1S/C24H25BrCl2N6O2S/c1-4-36(34,35)32-9-8-15(12-32)29-20-17(25)11-28-24-21(20)30-23(31-24)16-10-13(2)33(14(16)3)22-18(26)6-5-7-19(22)27/h5-7,10-11,15H,4,8-9,12H2,1-3H3,(H2,28,29,30,31)/t15-/m0/s1. The number of H-pyrrole nitrogens is 1. The zero-order valence-electron chi connectivity index (χ0n) is 19.9. The minimum absolute atomic E-state index is 0.0270. The second-order valence-electron chi connectivity index (χ2n) is 8.84. The Morgan fingerprint density at radius 2 is 1.97 bits per heavy atom. The fourth-order valence-electron chi connectivity index (χ4n) is 4.73. The summed E-state index contributed by atoms with van der Waals surface area (Å²) in [6, 6.07) is 7.47. The molecule has 1 aliphatic rings. The number of imidazole rings is 1. The number of aromatic nitrogens is 4. The fraction of sp³-hybridized carbons (Fsp3) is 0.333.